The maximum Gasteiger partial charge on any atom is 0.336 e. The van der Waals surface area contributed by atoms with Crippen LogP contribution in [0.3, 0.4) is 0 Å². The topological polar surface area (TPSA) is 76.4 Å². The predicted molar refractivity (Wildman–Crippen MR) is 68.9 cm³/mol. The zero-order chi connectivity index (χ0) is 14.0. The summed E-state index contributed by atoms with van der Waals surface area (Å²) in [7, 11) is 0. The number of nitrogens with one attached hydrogen (secondary N) is 1. The van der Waals surface area contributed by atoms with Crippen molar-refractivity contribution in [2.45, 2.75) is 39.5 Å². The van der Waals surface area contributed by atoms with E-state index in [4.69, 9.17) is 4.42 Å². The molecule has 0 fully saturated rings. The lowest BCUT2D eigenvalue weighted by Gasteiger charge is -2.19. The molecule has 1 aromatic rings. The smallest absolute Gasteiger partial charge is 0.336 e. The number of fused-ring (bicyclic) bond motifs is 1. The Labute approximate surface area is 111 Å². The van der Waals surface area contributed by atoms with Gasteiger partial charge in [-0.1, -0.05) is 26.7 Å². The SMILES string of the molecule is CCC(CC)Cc1cc(=O)oc2c1C(=O)NC(=O)C2. The predicted octanol–water partition coefficient (Wildman–Crippen LogP) is 1.43. The molecule has 0 spiro atoms. The van der Waals surface area contributed by atoms with E-state index in [1.165, 1.54) is 6.07 Å². The second-order valence-corrected chi connectivity index (χ2v) is 4.83. The van der Waals surface area contributed by atoms with Gasteiger partial charge in [-0.3, -0.25) is 14.9 Å². The highest BCUT2D eigenvalue weighted by molar-refractivity contribution is 6.09. The summed E-state index contributed by atoms with van der Waals surface area (Å²) in [5.74, 6) is -0.283. The molecule has 19 heavy (non-hydrogen) atoms. The summed E-state index contributed by atoms with van der Waals surface area (Å²) < 4.78 is 4.99. The average molecular weight is 263 g/mol. The first-order chi connectivity index (χ1) is 9.05. The summed E-state index contributed by atoms with van der Waals surface area (Å²) in [6, 6.07) is 1.37. The Kier molecular flexibility index (Phi) is 3.83. The highest BCUT2D eigenvalue weighted by Gasteiger charge is 2.28. The molecule has 0 bridgehead atoms. The lowest BCUT2D eigenvalue weighted by Crippen LogP contribution is -2.39. The van der Waals surface area contributed by atoms with E-state index in [9.17, 15) is 14.4 Å². The fourth-order valence-corrected chi connectivity index (χ4v) is 2.42. The summed E-state index contributed by atoms with van der Waals surface area (Å²) in [5, 5.41) is 2.26. The Morgan fingerprint density at radius 3 is 2.58 bits per heavy atom. The monoisotopic (exact) mass is 263 g/mol. The van der Waals surface area contributed by atoms with Crippen molar-refractivity contribution in [1.82, 2.24) is 5.32 Å². The first-order valence-electron chi connectivity index (χ1n) is 6.55. The second-order valence-electron chi connectivity index (χ2n) is 4.83. The van der Waals surface area contributed by atoms with Gasteiger partial charge in [-0.15, -0.1) is 0 Å². The minimum absolute atomic E-state index is 0.0485. The molecule has 1 aliphatic rings. The zero-order valence-electron chi connectivity index (χ0n) is 11.1. The Bertz CT molecular complexity index is 569. The molecule has 0 unspecified atom stereocenters. The Morgan fingerprint density at radius 2 is 1.95 bits per heavy atom. The molecule has 0 atom stereocenters. The molecule has 1 aliphatic heterocycles. The van der Waals surface area contributed by atoms with Crippen molar-refractivity contribution in [2.24, 2.45) is 5.92 Å². The third-order valence-corrected chi connectivity index (χ3v) is 3.58. The summed E-state index contributed by atoms with van der Waals surface area (Å²) in [5.41, 5.74) is 0.554. The first kappa shape index (κ1) is 13.5. The first-order valence-corrected chi connectivity index (χ1v) is 6.55. The molecule has 102 valence electrons. The van der Waals surface area contributed by atoms with Crippen LogP contribution in [0.2, 0.25) is 0 Å². The molecule has 0 saturated carbocycles. The van der Waals surface area contributed by atoms with E-state index < -0.39 is 17.4 Å². The van der Waals surface area contributed by atoms with Crippen molar-refractivity contribution in [3.05, 3.63) is 33.4 Å². The highest BCUT2D eigenvalue weighted by Crippen LogP contribution is 2.22. The molecular weight excluding hydrogens is 246 g/mol. The van der Waals surface area contributed by atoms with Crippen LogP contribution in [0.1, 0.15) is 48.4 Å². The number of carbonyl (C=O) groups is 2. The van der Waals surface area contributed by atoms with Gasteiger partial charge in [0.25, 0.3) is 5.91 Å². The summed E-state index contributed by atoms with van der Waals surface area (Å²) >= 11 is 0. The van der Waals surface area contributed by atoms with Crippen LogP contribution in [0.25, 0.3) is 0 Å². The van der Waals surface area contributed by atoms with Crippen molar-refractivity contribution < 1.29 is 14.0 Å². The van der Waals surface area contributed by atoms with Crippen LogP contribution in [0.5, 0.6) is 0 Å². The zero-order valence-corrected chi connectivity index (χ0v) is 11.1. The fourth-order valence-electron chi connectivity index (χ4n) is 2.42. The maximum atomic E-state index is 11.9. The maximum absolute atomic E-state index is 11.9. The third-order valence-electron chi connectivity index (χ3n) is 3.58. The van der Waals surface area contributed by atoms with Gasteiger partial charge in [0.1, 0.15) is 5.76 Å². The van der Waals surface area contributed by atoms with Gasteiger partial charge in [-0.25, -0.2) is 4.79 Å². The van der Waals surface area contributed by atoms with Crippen molar-refractivity contribution in [3.8, 4) is 0 Å². The van der Waals surface area contributed by atoms with E-state index in [-0.39, 0.29) is 12.2 Å². The van der Waals surface area contributed by atoms with Gasteiger partial charge in [0, 0.05) is 6.07 Å². The van der Waals surface area contributed by atoms with Gasteiger partial charge in [0.15, 0.2) is 0 Å². The van der Waals surface area contributed by atoms with Crippen LogP contribution in [0.15, 0.2) is 15.3 Å². The van der Waals surface area contributed by atoms with E-state index in [0.29, 0.717) is 23.5 Å². The van der Waals surface area contributed by atoms with E-state index in [1.807, 2.05) is 0 Å². The van der Waals surface area contributed by atoms with E-state index in [2.05, 4.69) is 19.2 Å². The molecule has 1 aromatic heterocycles. The van der Waals surface area contributed by atoms with Gasteiger partial charge in [-0.05, 0) is 17.9 Å². The Balaban J connectivity index is 2.47. The number of rotatable bonds is 4. The number of hydrogen-bond acceptors (Lipinski definition) is 4. The van der Waals surface area contributed by atoms with Crippen molar-refractivity contribution in [1.29, 1.82) is 0 Å². The fraction of sp³-hybridized carbons (Fsp3) is 0.500. The number of hydrogen-bond donors (Lipinski definition) is 1. The van der Waals surface area contributed by atoms with Crippen LogP contribution < -0.4 is 10.9 Å². The van der Waals surface area contributed by atoms with Crippen molar-refractivity contribution in [2.75, 3.05) is 0 Å². The van der Waals surface area contributed by atoms with Crippen LogP contribution in [0.4, 0.5) is 0 Å². The molecule has 5 heteroatoms. The molecule has 2 amide bonds. The summed E-state index contributed by atoms with van der Waals surface area (Å²) in [6.07, 6.45) is 2.56. The molecule has 0 aliphatic carbocycles. The quantitative estimate of drug-likeness (QED) is 0.834. The van der Waals surface area contributed by atoms with Crippen LogP contribution >= 0.6 is 0 Å². The molecule has 1 N–H and O–H groups in total. The van der Waals surface area contributed by atoms with Crippen LogP contribution in [-0.4, -0.2) is 11.8 Å². The van der Waals surface area contributed by atoms with Gasteiger partial charge in [0.05, 0.1) is 12.0 Å². The number of imide groups is 1. The van der Waals surface area contributed by atoms with Gasteiger partial charge < -0.3 is 4.42 Å². The van der Waals surface area contributed by atoms with Gasteiger partial charge in [0.2, 0.25) is 5.91 Å². The minimum atomic E-state index is -0.498. The minimum Gasteiger partial charge on any atom is -0.426 e. The summed E-state index contributed by atoms with van der Waals surface area (Å²) in [4.78, 5) is 34.7. The third kappa shape index (κ3) is 2.75. The van der Waals surface area contributed by atoms with Crippen LogP contribution in [0, 0.1) is 5.92 Å². The van der Waals surface area contributed by atoms with E-state index in [1.54, 1.807) is 0 Å². The second kappa shape index (κ2) is 5.38. The van der Waals surface area contributed by atoms with Gasteiger partial charge >= 0.3 is 5.63 Å². The van der Waals surface area contributed by atoms with Gasteiger partial charge in [-0.2, -0.15) is 0 Å². The average Bonchev–Trinajstić information content (AvgIpc) is 2.34. The van der Waals surface area contributed by atoms with Crippen molar-refractivity contribution in [3.63, 3.8) is 0 Å². The molecular formula is C14H17NO4. The highest BCUT2D eigenvalue weighted by atomic mass is 16.4. The number of carbonyl (C=O) groups excluding carboxylic acids is 2. The molecule has 5 nitrogen and oxygen atoms in total. The van der Waals surface area contributed by atoms with Crippen molar-refractivity contribution >= 4 is 11.8 Å². The number of amides is 2. The van der Waals surface area contributed by atoms with E-state index in [0.717, 1.165) is 12.8 Å². The standard InChI is InChI=1S/C14H17NO4/c1-3-8(4-2)5-9-6-12(17)19-10-7-11(16)15-14(18)13(9)10/h6,8H,3-5,7H2,1-2H3,(H,15,16,18). The molecule has 0 saturated heterocycles. The lowest BCUT2D eigenvalue weighted by molar-refractivity contribution is -0.120. The largest absolute Gasteiger partial charge is 0.426 e. The van der Waals surface area contributed by atoms with E-state index >= 15 is 0 Å². The van der Waals surface area contributed by atoms with Crippen LogP contribution in [-0.2, 0) is 17.6 Å². The summed E-state index contributed by atoms with van der Waals surface area (Å²) in [6.45, 7) is 4.16. The Morgan fingerprint density at radius 1 is 1.26 bits per heavy atom. The normalized spacial score (nSPS) is 14.5. The molecule has 2 heterocycles. The molecule has 0 radical (unpaired) electrons. The lowest BCUT2D eigenvalue weighted by atomic mass is 9.90. The Hall–Kier alpha value is -1.91. The molecule has 0 aromatic carbocycles. The molecule has 2 rings (SSSR count).